The number of hydrogen-bond acceptors (Lipinski definition) is 7. The standard InChI is InChI=1S/C25H33N7S/c1-5-18-15-32-21(23-16(3)17(4)27-20(23)6-2)13-26-25(32)24(28-18)29-22-12-19(30-33-22)14-31-10-8-7-9-11-31/h12-13,15,17H,5-11,14H2,1-4H3,(H,28,29). The molecule has 5 rings (SSSR count). The zero-order valence-electron chi connectivity index (χ0n) is 20.1. The predicted molar refractivity (Wildman–Crippen MR) is 137 cm³/mol. The first kappa shape index (κ1) is 22.2. The third-order valence-corrected chi connectivity index (χ3v) is 7.53. The maximum Gasteiger partial charge on any atom is 0.180 e. The Bertz CT molecular complexity index is 1210. The Morgan fingerprint density at radius 2 is 1.94 bits per heavy atom. The first-order chi connectivity index (χ1) is 16.1. The molecule has 0 bridgehead atoms. The highest BCUT2D eigenvalue weighted by Gasteiger charge is 2.25. The van der Waals surface area contributed by atoms with Crippen molar-refractivity contribution in [1.29, 1.82) is 0 Å². The number of imidazole rings is 1. The minimum absolute atomic E-state index is 0.223. The molecular formula is C25H33N7S. The monoisotopic (exact) mass is 463 g/mol. The van der Waals surface area contributed by atoms with Gasteiger partial charge in [0.25, 0.3) is 0 Å². The molecule has 3 aromatic heterocycles. The van der Waals surface area contributed by atoms with E-state index in [2.05, 4.69) is 54.6 Å². The smallest absolute Gasteiger partial charge is 0.180 e. The molecule has 0 aliphatic carbocycles. The van der Waals surface area contributed by atoms with Gasteiger partial charge in [-0.15, -0.1) is 0 Å². The summed E-state index contributed by atoms with van der Waals surface area (Å²) in [5, 5.41) is 4.53. The zero-order chi connectivity index (χ0) is 22.9. The fraction of sp³-hybridized carbons (Fsp3) is 0.520. The van der Waals surface area contributed by atoms with Gasteiger partial charge in [-0.25, -0.2) is 9.97 Å². The number of anilines is 2. The highest BCUT2D eigenvalue weighted by molar-refractivity contribution is 7.10. The van der Waals surface area contributed by atoms with E-state index in [0.717, 1.165) is 58.6 Å². The van der Waals surface area contributed by atoms with Crippen LogP contribution in [0, 0.1) is 0 Å². The second-order valence-corrected chi connectivity index (χ2v) is 9.88. The molecule has 8 heteroatoms. The van der Waals surface area contributed by atoms with Gasteiger partial charge in [0.2, 0.25) is 0 Å². The van der Waals surface area contributed by atoms with Gasteiger partial charge in [-0.05, 0) is 75.8 Å². The number of aryl methyl sites for hydroxylation is 1. The number of aliphatic imine (C=N–C) groups is 1. The normalized spacial score (nSPS) is 19.5. The summed E-state index contributed by atoms with van der Waals surface area (Å²) in [4.78, 5) is 17.0. The minimum atomic E-state index is 0.223. The lowest BCUT2D eigenvalue weighted by Crippen LogP contribution is -2.29. The Morgan fingerprint density at radius 3 is 2.70 bits per heavy atom. The van der Waals surface area contributed by atoms with Crippen molar-refractivity contribution in [3.05, 3.63) is 41.1 Å². The first-order valence-electron chi connectivity index (χ1n) is 12.2. The van der Waals surface area contributed by atoms with Crippen molar-refractivity contribution in [2.45, 2.75) is 72.4 Å². The van der Waals surface area contributed by atoms with Crippen LogP contribution in [0.1, 0.15) is 70.5 Å². The van der Waals surface area contributed by atoms with Crippen LogP contribution < -0.4 is 5.32 Å². The van der Waals surface area contributed by atoms with E-state index in [1.807, 2.05) is 6.20 Å². The number of nitrogens with one attached hydrogen (secondary N) is 1. The third kappa shape index (κ3) is 4.34. The molecule has 0 spiro atoms. The maximum atomic E-state index is 4.88. The predicted octanol–water partition coefficient (Wildman–Crippen LogP) is 5.50. The van der Waals surface area contributed by atoms with Crippen molar-refractivity contribution in [3.63, 3.8) is 0 Å². The van der Waals surface area contributed by atoms with Gasteiger partial charge in [0, 0.05) is 24.0 Å². The third-order valence-electron chi connectivity index (χ3n) is 6.79. The molecule has 0 radical (unpaired) electrons. The van der Waals surface area contributed by atoms with Gasteiger partial charge in [-0.2, -0.15) is 4.37 Å². The number of allylic oxidation sites excluding steroid dienone is 1. The summed E-state index contributed by atoms with van der Waals surface area (Å²) in [6, 6.07) is 2.38. The Hall–Kier alpha value is -2.58. The molecule has 2 aliphatic heterocycles. The lowest BCUT2D eigenvalue weighted by molar-refractivity contribution is 0.219. The Kier molecular flexibility index (Phi) is 6.29. The average Bonchev–Trinajstić information content (AvgIpc) is 3.52. The molecule has 1 saturated heterocycles. The molecule has 1 unspecified atom stereocenters. The van der Waals surface area contributed by atoms with E-state index in [1.165, 1.54) is 55.0 Å². The summed E-state index contributed by atoms with van der Waals surface area (Å²) in [6.45, 7) is 11.9. The summed E-state index contributed by atoms with van der Waals surface area (Å²) < 4.78 is 6.88. The van der Waals surface area contributed by atoms with E-state index in [4.69, 9.17) is 19.3 Å². The van der Waals surface area contributed by atoms with Crippen molar-refractivity contribution in [3.8, 4) is 0 Å². The van der Waals surface area contributed by atoms with E-state index in [0.29, 0.717) is 0 Å². The van der Waals surface area contributed by atoms with Crippen LogP contribution in [-0.4, -0.2) is 48.5 Å². The van der Waals surface area contributed by atoms with Crippen LogP contribution in [0.5, 0.6) is 0 Å². The summed E-state index contributed by atoms with van der Waals surface area (Å²) in [5.41, 5.74) is 7.80. The van der Waals surface area contributed by atoms with E-state index in [-0.39, 0.29) is 6.04 Å². The fourth-order valence-electron chi connectivity index (χ4n) is 4.84. The summed E-state index contributed by atoms with van der Waals surface area (Å²) in [5.74, 6) is 0.785. The fourth-order valence-corrected chi connectivity index (χ4v) is 5.49. The number of rotatable bonds is 7. The van der Waals surface area contributed by atoms with E-state index >= 15 is 0 Å². The molecule has 1 atom stereocenters. The van der Waals surface area contributed by atoms with Crippen molar-refractivity contribution >= 4 is 39.3 Å². The van der Waals surface area contributed by atoms with Crippen molar-refractivity contribution in [2.24, 2.45) is 4.99 Å². The second kappa shape index (κ2) is 9.35. The lowest BCUT2D eigenvalue weighted by Gasteiger charge is -2.25. The van der Waals surface area contributed by atoms with Gasteiger partial charge in [-0.1, -0.05) is 20.3 Å². The molecule has 0 saturated carbocycles. The van der Waals surface area contributed by atoms with E-state index in [9.17, 15) is 0 Å². The molecule has 0 amide bonds. The number of piperidine rings is 1. The van der Waals surface area contributed by atoms with Crippen molar-refractivity contribution in [2.75, 3.05) is 18.4 Å². The van der Waals surface area contributed by atoms with Crippen LogP contribution in [0.15, 0.2) is 29.0 Å². The number of hydrogen-bond donors (Lipinski definition) is 1. The van der Waals surface area contributed by atoms with Gasteiger partial charge in [0.15, 0.2) is 11.5 Å². The second-order valence-electron chi connectivity index (χ2n) is 9.08. The highest BCUT2D eigenvalue weighted by atomic mass is 32.1. The van der Waals surface area contributed by atoms with E-state index < -0.39 is 0 Å². The average molecular weight is 464 g/mol. The van der Waals surface area contributed by atoms with Crippen molar-refractivity contribution < 1.29 is 0 Å². The lowest BCUT2D eigenvalue weighted by atomic mass is 10.00. The van der Waals surface area contributed by atoms with Gasteiger partial charge >= 0.3 is 0 Å². The number of aromatic nitrogens is 4. The van der Waals surface area contributed by atoms with Gasteiger partial charge in [0.1, 0.15) is 5.00 Å². The number of nitrogens with zero attached hydrogens (tertiary/aromatic N) is 6. The van der Waals surface area contributed by atoms with Crippen LogP contribution in [-0.2, 0) is 13.0 Å². The van der Waals surface area contributed by atoms with Crippen LogP contribution in [0.25, 0.3) is 11.2 Å². The molecule has 0 aromatic carbocycles. The van der Waals surface area contributed by atoms with Crippen molar-refractivity contribution in [1.82, 2.24) is 23.6 Å². The Morgan fingerprint density at radius 1 is 1.12 bits per heavy atom. The van der Waals surface area contributed by atoms with Crippen LogP contribution in [0.4, 0.5) is 10.8 Å². The summed E-state index contributed by atoms with van der Waals surface area (Å²) in [7, 11) is 0. The molecule has 3 aromatic rings. The van der Waals surface area contributed by atoms with Crippen LogP contribution in [0.3, 0.4) is 0 Å². The molecule has 33 heavy (non-hydrogen) atoms. The highest BCUT2D eigenvalue weighted by Crippen LogP contribution is 2.33. The summed E-state index contributed by atoms with van der Waals surface area (Å²) >= 11 is 1.50. The van der Waals surface area contributed by atoms with Gasteiger partial charge < -0.3 is 5.32 Å². The molecule has 1 fully saturated rings. The molecule has 1 N–H and O–H groups in total. The molecular weight excluding hydrogens is 430 g/mol. The molecule has 5 heterocycles. The van der Waals surface area contributed by atoms with E-state index in [1.54, 1.807) is 0 Å². The zero-order valence-corrected chi connectivity index (χ0v) is 20.9. The number of likely N-dealkylation sites (tertiary alicyclic amines) is 1. The topological polar surface area (TPSA) is 70.7 Å². The largest absolute Gasteiger partial charge is 0.328 e. The minimum Gasteiger partial charge on any atom is -0.328 e. The number of fused-ring (bicyclic) bond motifs is 1. The summed E-state index contributed by atoms with van der Waals surface area (Å²) in [6.07, 6.45) is 9.80. The van der Waals surface area contributed by atoms with Gasteiger partial charge in [0.05, 0.1) is 29.3 Å². The molecule has 174 valence electrons. The quantitative estimate of drug-likeness (QED) is 0.501. The maximum absolute atomic E-state index is 4.88. The SMILES string of the molecule is CCC1=NC(C)C(C)=C1c1cnc2c(Nc3cc(CN4CCCCC4)ns3)nc(CC)cn12. The Balaban J connectivity index is 1.47. The molecule has 2 aliphatic rings. The first-order valence-corrected chi connectivity index (χ1v) is 12.9. The Labute approximate surface area is 199 Å². The van der Waals surface area contributed by atoms with Gasteiger partial charge in [-0.3, -0.25) is 14.3 Å². The van der Waals surface area contributed by atoms with Crippen LogP contribution in [0.2, 0.25) is 0 Å². The molecule has 7 nitrogen and oxygen atoms in total. The van der Waals surface area contributed by atoms with Crippen LogP contribution >= 0.6 is 11.5 Å².